The van der Waals surface area contributed by atoms with Crippen molar-refractivity contribution in [2.45, 2.75) is 79.6 Å². The molecule has 0 bridgehead atoms. The summed E-state index contributed by atoms with van der Waals surface area (Å²) in [7, 11) is -3.55. The molecule has 0 saturated heterocycles. The third-order valence-electron chi connectivity index (χ3n) is 9.12. The minimum Gasteiger partial charge on any atom is -0.490 e. The minimum absolute atomic E-state index is 0.104. The summed E-state index contributed by atoms with van der Waals surface area (Å²) in [5, 5.41) is 53.8. The van der Waals surface area contributed by atoms with E-state index in [9.17, 15) is 33.6 Å². The molecule has 3 aromatic rings. The second-order valence-corrected chi connectivity index (χ2v) is 16.7. The van der Waals surface area contributed by atoms with E-state index in [1.807, 2.05) is 54.9 Å². The summed E-state index contributed by atoms with van der Waals surface area (Å²) in [6.45, 7) is -0.521. The van der Waals surface area contributed by atoms with Crippen molar-refractivity contribution in [1.82, 2.24) is 19.9 Å². The molecule has 2 aliphatic carbocycles. The molecule has 2 saturated carbocycles. The molecule has 1 heterocycles. The minimum atomic E-state index is -3.55. The molecule has 0 unspecified atom stereocenters. The van der Waals surface area contributed by atoms with Crippen molar-refractivity contribution < 1.29 is 43.5 Å². The molecule has 52 heavy (non-hydrogen) atoms. The summed E-state index contributed by atoms with van der Waals surface area (Å²) in [5.74, 6) is 0.472. The Hall–Kier alpha value is -2.83. The van der Waals surface area contributed by atoms with Gasteiger partial charge in [0.15, 0.2) is 6.10 Å². The maximum atomic E-state index is 13.1. The van der Waals surface area contributed by atoms with Crippen molar-refractivity contribution in [1.29, 1.82) is 0 Å². The van der Waals surface area contributed by atoms with Crippen molar-refractivity contribution >= 4 is 39.3 Å². The molecule has 0 radical (unpaired) electrons. The highest BCUT2D eigenvalue weighted by Gasteiger charge is 2.46. The summed E-state index contributed by atoms with van der Waals surface area (Å²) in [4.78, 5) is 19.7. The van der Waals surface area contributed by atoms with Crippen LogP contribution in [-0.4, -0.2) is 119 Å². The van der Waals surface area contributed by atoms with Gasteiger partial charge in [0.05, 0.1) is 19.0 Å². The number of aliphatic hydroxyl groups is 5. The largest absolute Gasteiger partial charge is 0.490 e. The van der Waals surface area contributed by atoms with Gasteiger partial charge in [-0.05, 0) is 84.9 Å². The molecule has 2 fully saturated rings. The van der Waals surface area contributed by atoms with Crippen LogP contribution in [0, 0.1) is 0 Å². The SMILES string of the molecule is CS(=O)(=O)NCCN(CCCSc1ccc(Cl)c(CNC2(c3cnccc3-c3ccccc3OC3CC3)CC2)c1)C(=O)[C@@H](O)[C@@H](O)[C@H](O)[C@@H](O)CO. The maximum absolute atomic E-state index is 13.1. The number of para-hydroxylation sites is 1. The normalized spacial score (nSPS) is 17.6. The Labute approximate surface area is 313 Å². The van der Waals surface area contributed by atoms with E-state index in [-0.39, 0.29) is 31.3 Å². The van der Waals surface area contributed by atoms with E-state index in [0.717, 1.165) is 64.8 Å². The number of hydrogen-bond acceptors (Lipinski definition) is 12. The molecule has 16 heteroatoms. The zero-order valence-electron chi connectivity index (χ0n) is 28.9. The first kappa shape index (κ1) is 40.4. The Bertz CT molecular complexity index is 1780. The lowest BCUT2D eigenvalue weighted by atomic mass is 9.94. The molecule has 2 aliphatic rings. The molecule has 5 rings (SSSR count). The van der Waals surface area contributed by atoms with Crippen LogP contribution in [0.1, 0.15) is 43.2 Å². The number of carbonyl (C=O) groups excluding carboxylic acids is 1. The van der Waals surface area contributed by atoms with Gasteiger partial charge in [-0.25, -0.2) is 13.1 Å². The number of benzene rings is 2. The molecular weight excluding hydrogens is 732 g/mol. The van der Waals surface area contributed by atoms with Crippen LogP contribution in [0.2, 0.25) is 5.02 Å². The van der Waals surface area contributed by atoms with E-state index in [1.165, 1.54) is 16.7 Å². The monoisotopic (exact) mass is 778 g/mol. The van der Waals surface area contributed by atoms with E-state index in [2.05, 4.69) is 21.1 Å². The molecular formula is C36H47ClN4O9S2. The number of aromatic nitrogens is 1. The second kappa shape index (κ2) is 18.0. The van der Waals surface area contributed by atoms with Gasteiger partial charge in [0.2, 0.25) is 10.0 Å². The Morgan fingerprint density at radius 2 is 1.83 bits per heavy atom. The van der Waals surface area contributed by atoms with Gasteiger partial charge in [-0.2, -0.15) is 0 Å². The van der Waals surface area contributed by atoms with E-state index in [4.69, 9.17) is 21.4 Å². The second-order valence-electron chi connectivity index (χ2n) is 13.3. The predicted molar refractivity (Wildman–Crippen MR) is 198 cm³/mol. The number of amides is 1. The molecule has 1 amide bonds. The van der Waals surface area contributed by atoms with Gasteiger partial charge in [0, 0.05) is 59.6 Å². The number of sulfonamides is 1. The van der Waals surface area contributed by atoms with Gasteiger partial charge in [0.1, 0.15) is 24.1 Å². The Balaban J connectivity index is 1.20. The zero-order chi connectivity index (χ0) is 37.5. The lowest BCUT2D eigenvalue weighted by Crippen LogP contribution is -2.53. The lowest BCUT2D eigenvalue weighted by molar-refractivity contribution is -0.158. The van der Waals surface area contributed by atoms with Crippen molar-refractivity contribution in [3.8, 4) is 16.9 Å². The van der Waals surface area contributed by atoms with Crippen LogP contribution in [0.3, 0.4) is 0 Å². The summed E-state index contributed by atoms with van der Waals surface area (Å²) >= 11 is 8.19. The molecule has 0 spiro atoms. The first-order valence-electron chi connectivity index (χ1n) is 17.3. The summed E-state index contributed by atoms with van der Waals surface area (Å²) < 4.78 is 31.7. The number of hydrogen-bond donors (Lipinski definition) is 7. The van der Waals surface area contributed by atoms with Crippen molar-refractivity contribution in [3.63, 3.8) is 0 Å². The lowest BCUT2D eigenvalue weighted by Gasteiger charge is -2.30. The number of aliphatic hydroxyl groups excluding tert-OH is 5. The average molecular weight is 779 g/mol. The van der Waals surface area contributed by atoms with Gasteiger partial charge in [-0.15, -0.1) is 11.8 Å². The Morgan fingerprint density at radius 3 is 2.52 bits per heavy atom. The average Bonchev–Trinajstić information content (AvgIpc) is 4.08. The Morgan fingerprint density at radius 1 is 1.08 bits per heavy atom. The molecule has 2 aromatic carbocycles. The molecule has 4 atom stereocenters. The third kappa shape index (κ3) is 10.9. The molecule has 13 nitrogen and oxygen atoms in total. The fourth-order valence-corrected chi connectivity index (χ4v) is 7.42. The van der Waals surface area contributed by atoms with E-state index in [0.29, 0.717) is 23.7 Å². The number of ether oxygens (including phenoxy) is 1. The number of pyridine rings is 1. The number of nitrogens with zero attached hydrogens (tertiary/aromatic N) is 2. The van der Waals surface area contributed by atoms with Gasteiger partial charge in [-0.1, -0.05) is 29.8 Å². The number of halogens is 1. The van der Waals surface area contributed by atoms with Crippen LogP contribution in [0.5, 0.6) is 5.75 Å². The Kier molecular flexibility index (Phi) is 14.0. The zero-order valence-corrected chi connectivity index (χ0v) is 31.3. The molecule has 7 N–H and O–H groups in total. The van der Waals surface area contributed by atoms with Crippen LogP contribution in [0.15, 0.2) is 65.8 Å². The van der Waals surface area contributed by atoms with E-state index >= 15 is 0 Å². The molecule has 284 valence electrons. The third-order valence-corrected chi connectivity index (χ3v) is 11.3. The summed E-state index contributed by atoms with van der Waals surface area (Å²) in [6.07, 6.45) is 1.54. The number of nitrogens with one attached hydrogen (secondary N) is 2. The van der Waals surface area contributed by atoms with Gasteiger partial charge in [0.25, 0.3) is 5.91 Å². The van der Waals surface area contributed by atoms with Crippen LogP contribution >= 0.6 is 23.4 Å². The fraction of sp³-hybridized carbons (Fsp3) is 0.500. The summed E-state index contributed by atoms with van der Waals surface area (Å²) in [5.41, 5.74) is 3.92. The number of carbonyl (C=O) groups is 1. The molecule has 1 aromatic heterocycles. The van der Waals surface area contributed by atoms with Crippen LogP contribution < -0.4 is 14.8 Å². The van der Waals surface area contributed by atoms with Gasteiger partial charge >= 0.3 is 0 Å². The van der Waals surface area contributed by atoms with Crippen molar-refractivity contribution in [2.24, 2.45) is 0 Å². The maximum Gasteiger partial charge on any atom is 0.254 e. The topological polar surface area (TPSA) is 202 Å². The smallest absolute Gasteiger partial charge is 0.254 e. The number of thioether (sulfide) groups is 1. The van der Waals surface area contributed by atoms with Crippen molar-refractivity contribution in [3.05, 3.63) is 77.1 Å². The van der Waals surface area contributed by atoms with Crippen LogP contribution in [0.25, 0.3) is 11.1 Å². The van der Waals surface area contributed by atoms with Crippen molar-refractivity contribution in [2.75, 3.05) is 38.2 Å². The van der Waals surface area contributed by atoms with Gasteiger partial charge in [-0.3, -0.25) is 9.78 Å². The van der Waals surface area contributed by atoms with Crippen LogP contribution in [-0.2, 0) is 26.9 Å². The highest BCUT2D eigenvalue weighted by atomic mass is 35.5. The first-order chi connectivity index (χ1) is 24.8. The highest BCUT2D eigenvalue weighted by Crippen LogP contribution is 2.50. The number of rotatable bonds is 21. The van der Waals surface area contributed by atoms with E-state index in [1.54, 1.807) is 0 Å². The van der Waals surface area contributed by atoms with E-state index < -0.39 is 47.0 Å². The quantitative estimate of drug-likeness (QED) is 0.0614. The summed E-state index contributed by atoms with van der Waals surface area (Å²) in [6, 6.07) is 15.9. The first-order valence-corrected chi connectivity index (χ1v) is 20.5. The molecule has 0 aliphatic heterocycles. The van der Waals surface area contributed by atoms with Gasteiger partial charge < -0.3 is 40.5 Å². The van der Waals surface area contributed by atoms with Crippen LogP contribution in [0.4, 0.5) is 0 Å². The highest BCUT2D eigenvalue weighted by molar-refractivity contribution is 7.99. The predicted octanol–water partition coefficient (Wildman–Crippen LogP) is 2.02. The fourth-order valence-electron chi connectivity index (χ4n) is 5.87. The standard InChI is InChI=1S/C36H47ClN4O9S2/c1-52(48,49)40-15-17-41(35(47)34(46)33(45)32(44)30(43)22-42)16-4-18-51-25-9-10-29(37)23(19-25)20-39-36(12-13-36)28-21-38-14-11-26(28)27-5-2-3-6-31(27)50-24-7-8-24/h2-3,5-6,9-11,14,19,21,24,30,32-34,39-40,42-46H,4,7-8,12-13,15-18,20,22H2,1H3/t30-,32+,33-,34-/m0/s1.